The molecular weight excluding hydrogens is 232 g/mol. The molecule has 0 aromatic heterocycles. The average molecular weight is 248 g/mol. The quantitative estimate of drug-likeness (QED) is 0.705. The van der Waals surface area contributed by atoms with Crippen molar-refractivity contribution >= 4 is 10.8 Å². The van der Waals surface area contributed by atoms with E-state index in [2.05, 4.69) is 54.6 Å². The Hall–Kier alpha value is -2.12. The van der Waals surface area contributed by atoms with Gasteiger partial charge in [0.2, 0.25) is 0 Å². The van der Waals surface area contributed by atoms with Crippen LogP contribution in [0.1, 0.15) is 18.6 Å². The number of aliphatic hydroxyl groups excluding tert-OH is 1. The maximum absolute atomic E-state index is 9.56. The van der Waals surface area contributed by atoms with Crippen LogP contribution in [0, 0.1) is 0 Å². The second-order valence-electron chi connectivity index (χ2n) is 4.82. The van der Waals surface area contributed by atoms with Gasteiger partial charge in [0.05, 0.1) is 6.10 Å². The zero-order valence-electron chi connectivity index (χ0n) is 10.9. The summed E-state index contributed by atoms with van der Waals surface area (Å²) in [6, 6.07) is 22.9. The lowest BCUT2D eigenvalue weighted by Crippen LogP contribution is -1.90. The SMILES string of the molecule is C[C@H](O)c1ccc(-c2cccc3ccccc23)cc1. The molecule has 0 heterocycles. The van der Waals surface area contributed by atoms with E-state index in [0.29, 0.717) is 0 Å². The Morgan fingerprint density at radius 3 is 2.21 bits per heavy atom. The van der Waals surface area contributed by atoms with Crippen molar-refractivity contribution in [2.75, 3.05) is 0 Å². The Bertz CT molecular complexity index is 691. The topological polar surface area (TPSA) is 20.2 Å². The Morgan fingerprint density at radius 2 is 1.47 bits per heavy atom. The number of hydrogen-bond donors (Lipinski definition) is 1. The third-order valence-corrected chi connectivity index (χ3v) is 3.49. The van der Waals surface area contributed by atoms with Gasteiger partial charge < -0.3 is 5.11 Å². The highest BCUT2D eigenvalue weighted by Crippen LogP contribution is 2.29. The summed E-state index contributed by atoms with van der Waals surface area (Å²) < 4.78 is 0. The molecule has 3 aromatic rings. The van der Waals surface area contributed by atoms with Crippen molar-refractivity contribution in [3.8, 4) is 11.1 Å². The Balaban J connectivity index is 2.14. The molecule has 1 N–H and O–H groups in total. The van der Waals surface area contributed by atoms with Gasteiger partial charge in [0.25, 0.3) is 0 Å². The van der Waals surface area contributed by atoms with E-state index >= 15 is 0 Å². The van der Waals surface area contributed by atoms with E-state index < -0.39 is 6.10 Å². The molecule has 3 aromatic carbocycles. The molecule has 0 aliphatic rings. The van der Waals surface area contributed by atoms with Gasteiger partial charge in [0, 0.05) is 0 Å². The normalized spacial score (nSPS) is 12.5. The first-order valence-electron chi connectivity index (χ1n) is 6.52. The Labute approximate surface area is 113 Å². The summed E-state index contributed by atoms with van der Waals surface area (Å²) in [4.78, 5) is 0. The van der Waals surface area contributed by atoms with Gasteiger partial charge in [-0.05, 0) is 34.4 Å². The fourth-order valence-corrected chi connectivity index (χ4v) is 2.42. The molecule has 0 aliphatic heterocycles. The van der Waals surface area contributed by atoms with Gasteiger partial charge in [-0.3, -0.25) is 0 Å². The van der Waals surface area contributed by atoms with Gasteiger partial charge in [0.1, 0.15) is 0 Å². The van der Waals surface area contributed by atoms with Crippen LogP contribution in [0.15, 0.2) is 66.7 Å². The van der Waals surface area contributed by atoms with Crippen LogP contribution in [0.25, 0.3) is 21.9 Å². The maximum Gasteiger partial charge on any atom is 0.0761 e. The van der Waals surface area contributed by atoms with Crippen LogP contribution in [0.4, 0.5) is 0 Å². The van der Waals surface area contributed by atoms with Crippen molar-refractivity contribution in [2.24, 2.45) is 0 Å². The van der Waals surface area contributed by atoms with E-state index in [-0.39, 0.29) is 0 Å². The van der Waals surface area contributed by atoms with Crippen molar-refractivity contribution in [1.29, 1.82) is 0 Å². The third kappa shape index (κ3) is 2.25. The average Bonchev–Trinajstić information content (AvgIpc) is 2.47. The lowest BCUT2D eigenvalue weighted by atomic mass is 9.97. The van der Waals surface area contributed by atoms with Crippen LogP contribution in [0.5, 0.6) is 0 Å². The minimum atomic E-state index is -0.415. The van der Waals surface area contributed by atoms with Crippen molar-refractivity contribution in [3.63, 3.8) is 0 Å². The monoisotopic (exact) mass is 248 g/mol. The van der Waals surface area contributed by atoms with Crippen LogP contribution in [-0.2, 0) is 0 Å². The van der Waals surface area contributed by atoms with Gasteiger partial charge >= 0.3 is 0 Å². The van der Waals surface area contributed by atoms with Crippen LogP contribution < -0.4 is 0 Å². The molecule has 0 unspecified atom stereocenters. The summed E-state index contributed by atoms with van der Waals surface area (Å²) in [5.41, 5.74) is 3.36. The van der Waals surface area contributed by atoms with Gasteiger partial charge in [-0.25, -0.2) is 0 Å². The molecule has 3 rings (SSSR count). The minimum absolute atomic E-state index is 0.415. The molecule has 1 heteroatoms. The molecule has 0 aliphatic carbocycles. The highest BCUT2D eigenvalue weighted by Gasteiger charge is 2.04. The number of benzene rings is 3. The molecule has 19 heavy (non-hydrogen) atoms. The van der Waals surface area contributed by atoms with Crippen LogP contribution in [0.2, 0.25) is 0 Å². The molecule has 0 saturated carbocycles. The lowest BCUT2D eigenvalue weighted by molar-refractivity contribution is 0.199. The van der Waals surface area contributed by atoms with E-state index in [1.807, 2.05) is 12.1 Å². The van der Waals surface area contributed by atoms with Crippen molar-refractivity contribution in [3.05, 3.63) is 72.3 Å². The van der Waals surface area contributed by atoms with Gasteiger partial charge in [-0.15, -0.1) is 0 Å². The molecule has 1 nitrogen and oxygen atoms in total. The predicted molar refractivity (Wildman–Crippen MR) is 80.0 cm³/mol. The second-order valence-corrected chi connectivity index (χ2v) is 4.82. The number of fused-ring (bicyclic) bond motifs is 1. The molecule has 0 spiro atoms. The van der Waals surface area contributed by atoms with Crippen LogP contribution in [0.3, 0.4) is 0 Å². The first kappa shape index (κ1) is 11.9. The zero-order chi connectivity index (χ0) is 13.2. The van der Waals surface area contributed by atoms with E-state index in [1.165, 1.54) is 21.9 Å². The summed E-state index contributed by atoms with van der Waals surface area (Å²) in [7, 11) is 0. The molecule has 0 radical (unpaired) electrons. The molecule has 1 atom stereocenters. The summed E-state index contributed by atoms with van der Waals surface area (Å²) >= 11 is 0. The van der Waals surface area contributed by atoms with Crippen LogP contribution >= 0.6 is 0 Å². The lowest BCUT2D eigenvalue weighted by Gasteiger charge is -2.09. The summed E-state index contributed by atoms with van der Waals surface area (Å²) in [5, 5.41) is 12.1. The van der Waals surface area contributed by atoms with Crippen molar-refractivity contribution < 1.29 is 5.11 Å². The standard InChI is InChI=1S/C18H16O/c1-13(19)14-9-11-16(12-10-14)18-8-4-6-15-5-2-3-7-17(15)18/h2-13,19H,1H3/t13-/m0/s1. The third-order valence-electron chi connectivity index (χ3n) is 3.49. The van der Waals surface area contributed by atoms with Gasteiger partial charge in [-0.1, -0.05) is 66.7 Å². The molecule has 94 valence electrons. The van der Waals surface area contributed by atoms with Crippen molar-refractivity contribution in [2.45, 2.75) is 13.0 Å². The minimum Gasteiger partial charge on any atom is -0.389 e. The largest absolute Gasteiger partial charge is 0.389 e. The first-order chi connectivity index (χ1) is 9.25. The molecule has 0 saturated heterocycles. The molecular formula is C18H16O. The van der Waals surface area contributed by atoms with Gasteiger partial charge in [0.15, 0.2) is 0 Å². The summed E-state index contributed by atoms with van der Waals surface area (Å²) in [6.07, 6.45) is -0.415. The fraction of sp³-hybridized carbons (Fsp3) is 0.111. The first-order valence-corrected chi connectivity index (χ1v) is 6.52. The van der Waals surface area contributed by atoms with E-state index in [4.69, 9.17) is 0 Å². The second kappa shape index (κ2) is 4.87. The zero-order valence-corrected chi connectivity index (χ0v) is 10.9. The summed E-state index contributed by atoms with van der Waals surface area (Å²) in [5.74, 6) is 0. The maximum atomic E-state index is 9.56. The molecule has 0 amide bonds. The van der Waals surface area contributed by atoms with Crippen LogP contribution in [-0.4, -0.2) is 5.11 Å². The van der Waals surface area contributed by atoms with Gasteiger partial charge in [-0.2, -0.15) is 0 Å². The molecule has 0 fully saturated rings. The highest BCUT2D eigenvalue weighted by atomic mass is 16.3. The summed E-state index contributed by atoms with van der Waals surface area (Å²) in [6.45, 7) is 1.78. The highest BCUT2D eigenvalue weighted by molar-refractivity contribution is 5.96. The number of hydrogen-bond acceptors (Lipinski definition) is 1. The van der Waals surface area contributed by atoms with E-state index in [1.54, 1.807) is 6.92 Å². The number of aliphatic hydroxyl groups is 1. The van der Waals surface area contributed by atoms with E-state index in [9.17, 15) is 5.11 Å². The van der Waals surface area contributed by atoms with E-state index in [0.717, 1.165) is 5.56 Å². The number of rotatable bonds is 2. The molecule has 0 bridgehead atoms. The Morgan fingerprint density at radius 1 is 0.789 bits per heavy atom. The predicted octanol–water partition coefficient (Wildman–Crippen LogP) is 4.56. The Kier molecular flexibility index (Phi) is 3.06. The smallest absolute Gasteiger partial charge is 0.0761 e. The fourth-order valence-electron chi connectivity index (χ4n) is 2.42. The van der Waals surface area contributed by atoms with Crippen molar-refractivity contribution in [1.82, 2.24) is 0 Å².